The molecule has 0 aromatic carbocycles. The van der Waals surface area contributed by atoms with E-state index in [1.807, 2.05) is 6.92 Å². The fourth-order valence-corrected chi connectivity index (χ4v) is 2.04. The number of aliphatic hydroxyl groups is 1. The highest BCUT2D eigenvalue weighted by molar-refractivity contribution is 4.83. The molecule has 1 aliphatic heterocycles. The first kappa shape index (κ1) is 11.0. The Labute approximate surface area is 81.3 Å². The van der Waals surface area contributed by atoms with E-state index in [1.54, 1.807) is 0 Å². The molecule has 0 amide bonds. The molecule has 1 saturated heterocycles. The highest BCUT2D eigenvalue weighted by atomic mass is 16.3. The third-order valence-electron chi connectivity index (χ3n) is 2.96. The van der Waals surface area contributed by atoms with Crippen molar-refractivity contribution in [1.82, 2.24) is 9.80 Å². The lowest BCUT2D eigenvalue weighted by Gasteiger charge is -2.42. The number of nitrogens with zero attached hydrogens (tertiary/aromatic N) is 2. The van der Waals surface area contributed by atoms with Crippen molar-refractivity contribution >= 4 is 0 Å². The highest BCUT2D eigenvalue weighted by Crippen LogP contribution is 2.13. The minimum Gasteiger partial charge on any atom is -0.392 e. The van der Waals surface area contributed by atoms with Crippen LogP contribution in [0.3, 0.4) is 0 Å². The van der Waals surface area contributed by atoms with E-state index in [2.05, 4.69) is 30.7 Å². The number of likely N-dealkylation sites (N-methyl/N-ethyl adjacent to an activating group) is 1. The molecule has 1 rings (SSSR count). The summed E-state index contributed by atoms with van der Waals surface area (Å²) in [6, 6.07) is 1.20. The first-order chi connectivity index (χ1) is 6.00. The molecule has 78 valence electrons. The molecule has 0 spiro atoms. The summed E-state index contributed by atoms with van der Waals surface area (Å²) in [7, 11) is 2.18. The van der Waals surface area contributed by atoms with Gasteiger partial charge in [0, 0.05) is 31.7 Å². The fraction of sp³-hybridized carbons (Fsp3) is 1.00. The van der Waals surface area contributed by atoms with Crippen molar-refractivity contribution in [3.63, 3.8) is 0 Å². The Morgan fingerprint density at radius 3 is 2.15 bits per heavy atom. The quantitative estimate of drug-likeness (QED) is 0.676. The van der Waals surface area contributed by atoms with Gasteiger partial charge in [0.15, 0.2) is 0 Å². The van der Waals surface area contributed by atoms with Gasteiger partial charge in [0.25, 0.3) is 0 Å². The first-order valence-corrected chi connectivity index (χ1v) is 5.13. The van der Waals surface area contributed by atoms with Crippen LogP contribution < -0.4 is 0 Å². The van der Waals surface area contributed by atoms with Gasteiger partial charge in [-0.2, -0.15) is 0 Å². The largest absolute Gasteiger partial charge is 0.392 e. The van der Waals surface area contributed by atoms with Crippen LogP contribution in [0.25, 0.3) is 0 Å². The van der Waals surface area contributed by atoms with Gasteiger partial charge in [-0.1, -0.05) is 0 Å². The Hall–Kier alpha value is -0.120. The molecule has 0 aromatic rings. The molecule has 13 heavy (non-hydrogen) atoms. The van der Waals surface area contributed by atoms with Crippen LogP contribution in [0.15, 0.2) is 0 Å². The minimum absolute atomic E-state index is 0.206. The van der Waals surface area contributed by atoms with Crippen LogP contribution in [0, 0.1) is 0 Å². The van der Waals surface area contributed by atoms with Gasteiger partial charge < -0.3 is 5.11 Å². The monoisotopic (exact) mass is 186 g/mol. The molecule has 1 fully saturated rings. The van der Waals surface area contributed by atoms with Crippen molar-refractivity contribution in [1.29, 1.82) is 0 Å². The normalized spacial score (nSPS) is 34.8. The van der Waals surface area contributed by atoms with Crippen molar-refractivity contribution in [2.75, 3.05) is 26.7 Å². The van der Waals surface area contributed by atoms with E-state index in [-0.39, 0.29) is 6.10 Å². The zero-order chi connectivity index (χ0) is 10.0. The SMILES string of the molecule is CC(O)CN1C[C@@H](C)N(C)[C@@H](C)C1. The molecule has 3 atom stereocenters. The number of piperazine rings is 1. The molecule has 0 saturated carbocycles. The van der Waals surface area contributed by atoms with E-state index >= 15 is 0 Å². The fourth-order valence-electron chi connectivity index (χ4n) is 2.04. The van der Waals surface area contributed by atoms with Crippen LogP contribution in [0.5, 0.6) is 0 Å². The van der Waals surface area contributed by atoms with Gasteiger partial charge in [0.2, 0.25) is 0 Å². The standard InChI is InChI=1S/C10H22N2O/c1-8-5-12(7-10(3)13)6-9(2)11(8)4/h8-10,13H,5-7H2,1-4H3/t8-,9+,10?. The molecule has 0 aromatic heterocycles. The summed E-state index contributed by atoms with van der Waals surface area (Å²) in [5, 5.41) is 9.29. The van der Waals surface area contributed by atoms with Crippen molar-refractivity contribution in [2.45, 2.75) is 39.0 Å². The maximum atomic E-state index is 9.29. The smallest absolute Gasteiger partial charge is 0.0639 e. The van der Waals surface area contributed by atoms with Gasteiger partial charge in [-0.15, -0.1) is 0 Å². The Morgan fingerprint density at radius 1 is 1.31 bits per heavy atom. The van der Waals surface area contributed by atoms with Gasteiger partial charge in [0.05, 0.1) is 6.10 Å². The van der Waals surface area contributed by atoms with Gasteiger partial charge in [-0.05, 0) is 27.8 Å². The summed E-state index contributed by atoms with van der Waals surface area (Å²) in [6.07, 6.45) is -0.206. The lowest BCUT2D eigenvalue weighted by molar-refractivity contribution is 0.0330. The lowest BCUT2D eigenvalue weighted by atomic mass is 10.1. The summed E-state index contributed by atoms with van der Waals surface area (Å²) in [4.78, 5) is 4.75. The Kier molecular flexibility index (Phi) is 3.71. The zero-order valence-corrected chi connectivity index (χ0v) is 9.20. The van der Waals surface area contributed by atoms with E-state index in [9.17, 15) is 5.11 Å². The summed E-state index contributed by atoms with van der Waals surface area (Å²) < 4.78 is 0. The minimum atomic E-state index is -0.206. The Bertz CT molecular complexity index is 149. The summed E-state index contributed by atoms with van der Waals surface area (Å²) in [5.41, 5.74) is 0. The summed E-state index contributed by atoms with van der Waals surface area (Å²) >= 11 is 0. The molecule has 0 aliphatic carbocycles. The number of β-amino-alcohol motifs (C(OH)–C–C–N with tert-alkyl or cyclic N) is 1. The molecule has 1 heterocycles. The average molecular weight is 186 g/mol. The number of hydrogen-bond acceptors (Lipinski definition) is 3. The lowest BCUT2D eigenvalue weighted by Crippen LogP contribution is -2.55. The van der Waals surface area contributed by atoms with E-state index in [1.165, 1.54) is 0 Å². The van der Waals surface area contributed by atoms with Crippen LogP contribution in [0.1, 0.15) is 20.8 Å². The van der Waals surface area contributed by atoms with E-state index in [0.717, 1.165) is 19.6 Å². The van der Waals surface area contributed by atoms with Crippen molar-refractivity contribution < 1.29 is 5.11 Å². The summed E-state index contributed by atoms with van der Waals surface area (Å²) in [5.74, 6) is 0. The molecular weight excluding hydrogens is 164 g/mol. The predicted molar refractivity (Wildman–Crippen MR) is 54.8 cm³/mol. The number of rotatable bonds is 2. The number of aliphatic hydroxyl groups excluding tert-OH is 1. The zero-order valence-electron chi connectivity index (χ0n) is 9.20. The van der Waals surface area contributed by atoms with Crippen LogP contribution in [0.2, 0.25) is 0 Å². The predicted octanol–water partition coefficient (Wildman–Crippen LogP) is 0.392. The van der Waals surface area contributed by atoms with E-state index in [4.69, 9.17) is 0 Å². The molecule has 1 N–H and O–H groups in total. The summed E-state index contributed by atoms with van der Waals surface area (Å²) in [6.45, 7) is 9.29. The Balaban J connectivity index is 2.44. The van der Waals surface area contributed by atoms with Gasteiger partial charge in [-0.3, -0.25) is 9.80 Å². The van der Waals surface area contributed by atoms with Crippen molar-refractivity contribution in [2.24, 2.45) is 0 Å². The van der Waals surface area contributed by atoms with Crippen molar-refractivity contribution in [3.8, 4) is 0 Å². The van der Waals surface area contributed by atoms with Crippen LogP contribution >= 0.6 is 0 Å². The van der Waals surface area contributed by atoms with E-state index in [0.29, 0.717) is 12.1 Å². The topological polar surface area (TPSA) is 26.7 Å². The van der Waals surface area contributed by atoms with Crippen LogP contribution in [-0.2, 0) is 0 Å². The molecule has 1 unspecified atom stereocenters. The average Bonchev–Trinajstić information content (AvgIpc) is 1.98. The van der Waals surface area contributed by atoms with Gasteiger partial charge >= 0.3 is 0 Å². The first-order valence-electron chi connectivity index (χ1n) is 5.13. The second-order valence-electron chi connectivity index (χ2n) is 4.43. The van der Waals surface area contributed by atoms with Crippen LogP contribution in [-0.4, -0.2) is 59.8 Å². The van der Waals surface area contributed by atoms with E-state index < -0.39 is 0 Å². The number of hydrogen-bond donors (Lipinski definition) is 1. The highest BCUT2D eigenvalue weighted by Gasteiger charge is 2.26. The molecule has 0 radical (unpaired) electrons. The van der Waals surface area contributed by atoms with Crippen LogP contribution in [0.4, 0.5) is 0 Å². The second-order valence-corrected chi connectivity index (χ2v) is 4.43. The molecule has 0 bridgehead atoms. The van der Waals surface area contributed by atoms with Crippen molar-refractivity contribution in [3.05, 3.63) is 0 Å². The molecule has 3 nitrogen and oxygen atoms in total. The molecular formula is C10H22N2O. The third kappa shape index (κ3) is 2.93. The Morgan fingerprint density at radius 2 is 1.77 bits per heavy atom. The van der Waals surface area contributed by atoms with Gasteiger partial charge in [-0.25, -0.2) is 0 Å². The second kappa shape index (κ2) is 4.40. The van der Waals surface area contributed by atoms with Gasteiger partial charge in [0.1, 0.15) is 0 Å². The maximum absolute atomic E-state index is 9.29. The molecule has 3 heteroatoms. The third-order valence-corrected chi connectivity index (χ3v) is 2.96. The maximum Gasteiger partial charge on any atom is 0.0639 e. The molecule has 1 aliphatic rings.